The minimum atomic E-state index is -3.90. The number of nitrogens with zero attached hydrogens (tertiary/aromatic N) is 3. The number of benzene rings is 1. The predicted molar refractivity (Wildman–Crippen MR) is 76.8 cm³/mol. The van der Waals surface area contributed by atoms with Crippen molar-refractivity contribution in [1.29, 1.82) is 0 Å². The normalized spacial score (nSPS) is 11.6. The molecule has 7 nitrogen and oxygen atoms in total. The molecule has 0 unspecified atom stereocenters. The van der Waals surface area contributed by atoms with Crippen molar-refractivity contribution in [1.82, 2.24) is 14.8 Å². The lowest BCUT2D eigenvalue weighted by Crippen LogP contribution is -2.18. The number of ether oxygens (including phenoxy) is 1. The van der Waals surface area contributed by atoms with Crippen LogP contribution < -0.4 is 9.88 Å². The molecule has 2 aromatic rings. The number of primary sulfonamides is 1. The zero-order valence-corrected chi connectivity index (χ0v) is 13.3. The van der Waals surface area contributed by atoms with Crippen LogP contribution in [0.4, 0.5) is 0 Å². The molecule has 2 N–H and O–H groups in total. The van der Waals surface area contributed by atoms with E-state index in [1.807, 2.05) is 0 Å². The largest absolute Gasteiger partial charge is 0.496 e. The van der Waals surface area contributed by atoms with Gasteiger partial charge in [-0.3, -0.25) is 4.57 Å². The van der Waals surface area contributed by atoms with Gasteiger partial charge in [0, 0.05) is 12.1 Å². The molecule has 0 saturated heterocycles. The van der Waals surface area contributed by atoms with E-state index in [0.717, 1.165) is 4.47 Å². The molecule has 108 valence electrons. The maximum absolute atomic E-state index is 11.4. The number of halogens is 1. The maximum Gasteiger partial charge on any atom is 0.273 e. The predicted octanol–water partition coefficient (Wildman–Crippen LogP) is 1.38. The van der Waals surface area contributed by atoms with Crippen LogP contribution in [0.15, 0.2) is 27.8 Å². The Balaban J connectivity index is 2.59. The van der Waals surface area contributed by atoms with Crippen molar-refractivity contribution in [2.75, 3.05) is 7.11 Å². The molecule has 0 radical (unpaired) electrons. The summed E-state index contributed by atoms with van der Waals surface area (Å²) < 4.78 is 30.2. The van der Waals surface area contributed by atoms with Gasteiger partial charge < -0.3 is 4.74 Å². The summed E-state index contributed by atoms with van der Waals surface area (Å²) >= 11 is 3.37. The summed E-state index contributed by atoms with van der Waals surface area (Å²) in [7, 11) is -2.34. The van der Waals surface area contributed by atoms with Gasteiger partial charge in [0.1, 0.15) is 5.75 Å². The molecule has 1 aromatic heterocycles. The molecule has 0 aliphatic carbocycles. The number of methoxy groups -OCH3 is 1. The van der Waals surface area contributed by atoms with E-state index in [1.54, 1.807) is 32.2 Å². The second kappa shape index (κ2) is 5.51. The maximum atomic E-state index is 11.4. The Morgan fingerprint density at radius 3 is 2.60 bits per heavy atom. The smallest absolute Gasteiger partial charge is 0.273 e. The molecule has 0 bridgehead atoms. The second-order valence-corrected chi connectivity index (χ2v) is 6.25. The van der Waals surface area contributed by atoms with Crippen LogP contribution in [0, 0.1) is 0 Å². The standard InChI is InChI=1S/C11H13BrN4O3S/c1-3-16-10(14-15-11(16)20(13,17)18)7-4-5-9(19-2)8(12)6-7/h4-6H,3H2,1-2H3,(H2,13,17,18). The minimum absolute atomic E-state index is 0.248. The number of aromatic nitrogens is 3. The van der Waals surface area contributed by atoms with E-state index in [2.05, 4.69) is 26.1 Å². The quantitative estimate of drug-likeness (QED) is 0.887. The summed E-state index contributed by atoms with van der Waals surface area (Å²) in [4.78, 5) is 0. The molecule has 1 aromatic carbocycles. The van der Waals surface area contributed by atoms with Gasteiger partial charge in [-0.05, 0) is 41.1 Å². The summed E-state index contributed by atoms with van der Waals surface area (Å²) in [5, 5.41) is 12.4. The van der Waals surface area contributed by atoms with Crippen molar-refractivity contribution < 1.29 is 13.2 Å². The Labute approximate surface area is 124 Å². The highest BCUT2D eigenvalue weighted by molar-refractivity contribution is 9.10. The third-order valence-corrected chi connectivity index (χ3v) is 4.13. The zero-order valence-electron chi connectivity index (χ0n) is 10.9. The van der Waals surface area contributed by atoms with Gasteiger partial charge in [0.15, 0.2) is 5.82 Å². The molecule has 1 heterocycles. The van der Waals surface area contributed by atoms with E-state index in [1.165, 1.54) is 4.57 Å². The van der Waals surface area contributed by atoms with Gasteiger partial charge in [0.25, 0.3) is 15.2 Å². The Hall–Kier alpha value is -1.45. The molecule has 0 amide bonds. The first kappa shape index (κ1) is 14.9. The van der Waals surface area contributed by atoms with Crippen LogP contribution in [0.1, 0.15) is 6.92 Å². The van der Waals surface area contributed by atoms with Crippen LogP contribution in [0.5, 0.6) is 5.75 Å². The van der Waals surface area contributed by atoms with Crippen LogP contribution in [0.25, 0.3) is 11.4 Å². The van der Waals surface area contributed by atoms with Crippen LogP contribution >= 0.6 is 15.9 Å². The summed E-state index contributed by atoms with van der Waals surface area (Å²) in [5.74, 6) is 1.10. The minimum Gasteiger partial charge on any atom is -0.496 e. The molecule has 9 heteroatoms. The zero-order chi connectivity index (χ0) is 14.9. The average molecular weight is 361 g/mol. The van der Waals surface area contributed by atoms with E-state index in [4.69, 9.17) is 9.88 Å². The number of rotatable bonds is 4. The molecule has 0 spiro atoms. The van der Waals surface area contributed by atoms with E-state index >= 15 is 0 Å². The monoisotopic (exact) mass is 360 g/mol. The lowest BCUT2D eigenvalue weighted by atomic mass is 10.2. The Morgan fingerprint density at radius 1 is 1.40 bits per heavy atom. The van der Waals surface area contributed by atoms with Crippen molar-refractivity contribution in [3.05, 3.63) is 22.7 Å². The van der Waals surface area contributed by atoms with E-state index in [9.17, 15) is 8.42 Å². The highest BCUT2D eigenvalue weighted by Gasteiger charge is 2.21. The molecular weight excluding hydrogens is 348 g/mol. The Kier molecular flexibility index (Phi) is 4.11. The Morgan fingerprint density at radius 2 is 2.10 bits per heavy atom. The number of nitrogens with two attached hydrogens (primary N) is 1. The van der Waals surface area contributed by atoms with Gasteiger partial charge in [0.2, 0.25) is 0 Å². The fourth-order valence-corrected chi connectivity index (χ4v) is 3.02. The topological polar surface area (TPSA) is 100 Å². The molecular formula is C11H13BrN4O3S. The summed E-state index contributed by atoms with van der Waals surface area (Å²) in [6, 6.07) is 5.30. The fraction of sp³-hybridized carbons (Fsp3) is 0.273. The van der Waals surface area contributed by atoms with Crippen molar-refractivity contribution in [2.24, 2.45) is 5.14 Å². The first-order chi connectivity index (χ1) is 9.38. The lowest BCUT2D eigenvalue weighted by Gasteiger charge is -2.08. The summed E-state index contributed by atoms with van der Waals surface area (Å²) in [5.41, 5.74) is 0.710. The summed E-state index contributed by atoms with van der Waals surface area (Å²) in [6.45, 7) is 2.18. The van der Waals surface area contributed by atoms with Gasteiger partial charge in [-0.15, -0.1) is 10.2 Å². The average Bonchev–Trinajstić information content (AvgIpc) is 2.82. The van der Waals surface area contributed by atoms with Gasteiger partial charge in [-0.25, -0.2) is 13.6 Å². The van der Waals surface area contributed by atoms with Crippen LogP contribution in [0.3, 0.4) is 0 Å². The molecule has 2 rings (SSSR count). The third-order valence-electron chi connectivity index (χ3n) is 2.70. The van der Waals surface area contributed by atoms with Crippen molar-refractivity contribution >= 4 is 26.0 Å². The van der Waals surface area contributed by atoms with Crippen LogP contribution in [-0.2, 0) is 16.6 Å². The van der Waals surface area contributed by atoms with Crippen molar-refractivity contribution in [2.45, 2.75) is 18.6 Å². The molecule has 0 aliphatic rings. The molecule has 0 saturated carbocycles. The van der Waals surface area contributed by atoms with Gasteiger partial charge >= 0.3 is 0 Å². The Bertz CT molecular complexity index is 742. The van der Waals surface area contributed by atoms with E-state index < -0.39 is 10.0 Å². The number of sulfonamides is 1. The van der Waals surface area contributed by atoms with E-state index in [-0.39, 0.29) is 5.16 Å². The first-order valence-corrected chi connectivity index (χ1v) is 8.02. The second-order valence-electron chi connectivity index (χ2n) is 3.94. The first-order valence-electron chi connectivity index (χ1n) is 5.68. The van der Waals surface area contributed by atoms with E-state index in [0.29, 0.717) is 23.7 Å². The molecule has 20 heavy (non-hydrogen) atoms. The van der Waals surface area contributed by atoms with Gasteiger partial charge in [0.05, 0.1) is 11.6 Å². The highest BCUT2D eigenvalue weighted by Crippen LogP contribution is 2.30. The number of hydrogen-bond acceptors (Lipinski definition) is 5. The highest BCUT2D eigenvalue weighted by atomic mass is 79.9. The van der Waals surface area contributed by atoms with Crippen LogP contribution in [0.2, 0.25) is 0 Å². The fourth-order valence-electron chi connectivity index (χ4n) is 1.80. The third kappa shape index (κ3) is 2.69. The number of hydrogen-bond donors (Lipinski definition) is 1. The van der Waals surface area contributed by atoms with Crippen molar-refractivity contribution in [3.63, 3.8) is 0 Å². The SMILES string of the molecule is CCn1c(-c2ccc(OC)c(Br)c2)nnc1S(N)(=O)=O. The van der Waals surface area contributed by atoms with Gasteiger partial charge in [-0.1, -0.05) is 0 Å². The van der Waals surface area contributed by atoms with Crippen molar-refractivity contribution in [3.8, 4) is 17.1 Å². The van der Waals surface area contributed by atoms with Gasteiger partial charge in [-0.2, -0.15) is 0 Å². The molecule has 0 fully saturated rings. The molecule has 0 atom stereocenters. The summed E-state index contributed by atoms with van der Waals surface area (Å²) in [6.07, 6.45) is 0. The molecule has 0 aliphatic heterocycles. The van der Waals surface area contributed by atoms with Crippen LogP contribution in [-0.4, -0.2) is 30.3 Å². The lowest BCUT2D eigenvalue weighted by molar-refractivity contribution is 0.412.